The quantitative estimate of drug-likeness (QED) is 0.656. The molecule has 0 bridgehead atoms. The van der Waals surface area contributed by atoms with Crippen molar-refractivity contribution >= 4 is 16.7 Å². The minimum atomic E-state index is -1.04. The highest BCUT2D eigenvalue weighted by molar-refractivity contribution is 5.83. The summed E-state index contributed by atoms with van der Waals surface area (Å²) in [5.74, 6) is 0.282. The van der Waals surface area contributed by atoms with Gasteiger partial charge in [0.15, 0.2) is 6.29 Å². The van der Waals surface area contributed by atoms with Crippen molar-refractivity contribution in [2.45, 2.75) is 43.9 Å². The summed E-state index contributed by atoms with van der Waals surface area (Å²) in [6, 6.07) is 22.3. The second-order valence-electron chi connectivity index (χ2n) is 8.06. The lowest BCUT2D eigenvalue weighted by Gasteiger charge is -2.47. The second kappa shape index (κ2) is 8.88. The Morgan fingerprint density at radius 2 is 1.75 bits per heavy atom. The van der Waals surface area contributed by atoms with Crippen LogP contribution in [0, 0.1) is 0 Å². The van der Waals surface area contributed by atoms with Gasteiger partial charge in [0, 0.05) is 12.5 Å². The first-order valence-corrected chi connectivity index (χ1v) is 10.7. The topological polar surface area (TPSA) is 86.3 Å². The van der Waals surface area contributed by atoms with Crippen LogP contribution < -0.4 is 10.1 Å². The van der Waals surface area contributed by atoms with Crippen LogP contribution in [0.4, 0.5) is 0 Å². The summed E-state index contributed by atoms with van der Waals surface area (Å²) in [6.45, 7) is 1.62. The highest BCUT2D eigenvalue weighted by Crippen LogP contribution is 2.35. The number of aliphatic hydroxyl groups is 1. The standard InChI is InChI=1S/C25H25NO6/c1-15(27)26-21-22(28)23-20(14-29-24(32-23)17-8-3-2-4-9-17)31-25(21)30-19-12-11-16-7-5-6-10-18(16)13-19/h2-13,20-25,28H,14H2,1H3,(H,26,27)/t20-,21+,22-,23+,24-,25-/m1/s1. The first-order chi connectivity index (χ1) is 15.6. The Labute approximate surface area is 185 Å². The summed E-state index contributed by atoms with van der Waals surface area (Å²) in [6.07, 6.45) is -3.79. The zero-order valence-corrected chi connectivity index (χ0v) is 17.6. The third kappa shape index (κ3) is 4.20. The summed E-state index contributed by atoms with van der Waals surface area (Å²) in [4.78, 5) is 11.9. The molecular weight excluding hydrogens is 410 g/mol. The van der Waals surface area contributed by atoms with Crippen LogP contribution in [0.1, 0.15) is 18.8 Å². The van der Waals surface area contributed by atoms with E-state index in [9.17, 15) is 9.90 Å². The lowest BCUT2D eigenvalue weighted by molar-refractivity contribution is -0.333. The van der Waals surface area contributed by atoms with Gasteiger partial charge in [-0.1, -0.05) is 60.7 Å². The van der Waals surface area contributed by atoms with E-state index in [0.29, 0.717) is 5.75 Å². The molecule has 2 N–H and O–H groups in total. The number of aliphatic hydroxyl groups excluding tert-OH is 1. The van der Waals surface area contributed by atoms with E-state index in [0.717, 1.165) is 16.3 Å². The van der Waals surface area contributed by atoms with Crippen LogP contribution in [0.2, 0.25) is 0 Å². The molecule has 2 aliphatic rings. The normalized spacial score (nSPS) is 29.8. The zero-order valence-electron chi connectivity index (χ0n) is 17.6. The molecule has 0 unspecified atom stereocenters. The maximum atomic E-state index is 11.9. The molecule has 0 saturated carbocycles. The molecule has 6 atom stereocenters. The van der Waals surface area contributed by atoms with Gasteiger partial charge in [0.05, 0.1) is 6.61 Å². The van der Waals surface area contributed by atoms with E-state index in [2.05, 4.69) is 5.32 Å². The van der Waals surface area contributed by atoms with Crippen molar-refractivity contribution in [2.24, 2.45) is 0 Å². The van der Waals surface area contributed by atoms with E-state index < -0.39 is 36.9 Å². The van der Waals surface area contributed by atoms with Gasteiger partial charge in [0.2, 0.25) is 12.2 Å². The number of hydrogen-bond donors (Lipinski definition) is 2. The average Bonchev–Trinajstić information content (AvgIpc) is 2.82. The maximum absolute atomic E-state index is 11.9. The lowest BCUT2D eigenvalue weighted by Crippen LogP contribution is -2.67. The number of rotatable bonds is 4. The van der Waals surface area contributed by atoms with Crippen LogP contribution in [-0.4, -0.2) is 48.3 Å². The smallest absolute Gasteiger partial charge is 0.223 e. The van der Waals surface area contributed by atoms with Crippen molar-refractivity contribution in [3.8, 4) is 5.75 Å². The molecule has 7 nitrogen and oxygen atoms in total. The third-order valence-corrected chi connectivity index (χ3v) is 5.78. The average molecular weight is 435 g/mol. The van der Waals surface area contributed by atoms with E-state index in [1.165, 1.54) is 6.92 Å². The highest BCUT2D eigenvalue weighted by Gasteiger charge is 2.50. The largest absolute Gasteiger partial charge is 0.463 e. The van der Waals surface area contributed by atoms with Crippen LogP contribution in [0.3, 0.4) is 0 Å². The van der Waals surface area contributed by atoms with Crippen LogP contribution in [0.15, 0.2) is 72.8 Å². The van der Waals surface area contributed by atoms with E-state index >= 15 is 0 Å². The summed E-state index contributed by atoms with van der Waals surface area (Å²) < 4.78 is 24.1. The van der Waals surface area contributed by atoms with Crippen molar-refractivity contribution in [3.05, 3.63) is 78.4 Å². The molecular formula is C25H25NO6. The number of amides is 1. The molecule has 0 aromatic heterocycles. The molecule has 2 heterocycles. The number of benzene rings is 3. The molecule has 3 aromatic carbocycles. The van der Waals surface area contributed by atoms with Crippen molar-refractivity contribution < 1.29 is 28.8 Å². The molecule has 32 heavy (non-hydrogen) atoms. The molecule has 0 spiro atoms. The van der Waals surface area contributed by atoms with Gasteiger partial charge in [-0.15, -0.1) is 0 Å². The summed E-state index contributed by atoms with van der Waals surface area (Å²) in [7, 11) is 0. The fourth-order valence-electron chi connectivity index (χ4n) is 4.24. The lowest BCUT2D eigenvalue weighted by atomic mass is 9.95. The van der Waals surface area contributed by atoms with Gasteiger partial charge in [-0.2, -0.15) is 0 Å². The van der Waals surface area contributed by atoms with E-state index in [4.69, 9.17) is 18.9 Å². The molecule has 166 valence electrons. The van der Waals surface area contributed by atoms with Gasteiger partial charge in [-0.3, -0.25) is 4.79 Å². The minimum absolute atomic E-state index is 0.228. The van der Waals surface area contributed by atoms with E-state index in [1.54, 1.807) is 0 Å². The van der Waals surface area contributed by atoms with Gasteiger partial charge in [0.25, 0.3) is 0 Å². The molecule has 2 aliphatic heterocycles. The van der Waals surface area contributed by atoms with E-state index in [1.807, 2.05) is 72.8 Å². The van der Waals surface area contributed by atoms with Crippen molar-refractivity contribution in [3.63, 3.8) is 0 Å². The van der Waals surface area contributed by atoms with Crippen LogP contribution in [-0.2, 0) is 19.0 Å². The van der Waals surface area contributed by atoms with Gasteiger partial charge in [0.1, 0.15) is 30.1 Å². The second-order valence-corrected chi connectivity index (χ2v) is 8.06. The van der Waals surface area contributed by atoms with Crippen LogP contribution >= 0.6 is 0 Å². The molecule has 2 fully saturated rings. The molecule has 0 radical (unpaired) electrons. The van der Waals surface area contributed by atoms with Crippen molar-refractivity contribution in [1.29, 1.82) is 0 Å². The number of carbonyl (C=O) groups excluding carboxylic acids is 1. The number of fused-ring (bicyclic) bond motifs is 2. The number of ether oxygens (including phenoxy) is 4. The van der Waals surface area contributed by atoms with Crippen LogP contribution in [0.25, 0.3) is 10.8 Å². The SMILES string of the molecule is CC(=O)N[C@@H]1[C@H](Oc2ccc3ccccc3c2)O[C@@H]2CO[C@@H](c3ccccc3)O[C@@H]2[C@@H]1O. The first kappa shape index (κ1) is 20.9. The summed E-state index contributed by atoms with van der Waals surface area (Å²) in [5, 5.41) is 16.0. The Balaban J connectivity index is 1.37. The van der Waals surface area contributed by atoms with Gasteiger partial charge in [-0.05, 0) is 22.9 Å². The van der Waals surface area contributed by atoms with E-state index in [-0.39, 0.29) is 12.5 Å². The molecule has 1 amide bonds. The van der Waals surface area contributed by atoms with Gasteiger partial charge >= 0.3 is 0 Å². The number of hydrogen-bond acceptors (Lipinski definition) is 6. The molecule has 3 aromatic rings. The van der Waals surface area contributed by atoms with Crippen molar-refractivity contribution in [1.82, 2.24) is 5.32 Å². The van der Waals surface area contributed by atoms with Crippen molar-refractivity contribution in [2.75, 3.05) is 6.61 Å². The molecule has 0 aliphatic carbocycles. The summed E-state index contributed by atoms with van der Waals surface area (Å²) in [5.41, 5.74) is 0.851. The van der Waals surface area contributed by atoms with Crippen LogP contribution in [0.5, 0.6) is 5.75 Å². The Hall–Kier alpha value is -2.97. The Morgan fingerprint density at radius 1 is 1.00 bits per heavy atom. The molecule has 2 saturated heterocycles. The third-order valence-electron chi connectivity index (χ3n) is 5.78. The summed E-state index contributed by atoms with van der Waals surface area (Å²) >= 11 is 0. The Kier molecular flexibility index (Phi) is 5.80. The predicted octanol–water partition coefficient (Wildman–Crippen LogP) is 2.92. The zero-order chi connectivity index (χ0) is 22.1. The Bertz CT molecular complexity index is 1090. The van der Waals surface area contributed by atoms with Gasteiger partial charge < -0.3 is 29.4 Å². The van der Waals surface area contributed by atoms with Gasteiger partial charge in [-0.25, -0.2) is 0 Å². The monoisotopic (exact) mass is 435 g/mol. The predicted molar refractivity (Wildman–Crippen MR) is 117 cm³/mol. The fraction of sp³-hybridized carbons (Fsp3) is 0.320. The first-order valence-electron chi connectivity index (χ1n) is 10.7. The number of nitrogens with one attached hydrogen (secondary N) is 1. The molecule has 7 heteroatoms. The minimum Gasteiger partial charge on any atom is -0.463 e. The number of carbonyl (C=O) groups is 1. The molecule has 5 rings (SSSR count). The highest BCUT2D eigenvalue weighted by atomic mass is 16.7. The maximum Gasteiger partial charge on any atom is 0.223 e. The Morgan fingerprint density at radius 3 is 2.53 bits per heavy atom. The fourth-order valence-corrected chi connectivity index (χ4v) is 4.24.